The largest absolute Gasteiger partial charge is 0.285 e. The summed E-state index contributed by atoms with van der Waals surface area (Å²) >= 11 is 5.79. The maximum Gasteiger partial charge on any atom is 0.285 e. The van der Waals surface area contributed by atoms with E-state index in [1.807, 2.05) is 18.2 Å². The van der Waals surface area contributed by atoms with Gasteiger partial charge in [0.1, 0.15) is 10.7 Å². The molecule has 0 bridgehead atoms. The maximum absolute atomic E-state index is 11.2. The fourth-order valence-electron chi connectivity index (χ4n) is 1.24. The van der Waals surface area contributed by atoms with Crippen LogP contribution in [0.4, 0.5) is 5.69 Å². The molecular formula is C11H10ClN5O. The first-order valence-corrected chi connectivity index (χ1v) is 5.51. The van der Waals surface area contributed by atoms with Gasteiger partial charge in [-0.2, -0.15) is 10.2 Å². The zero-order valence-corrected chi connectivity index (χ0v) is 10.3. The minimum atomic E-state index is -0.465. The molecule has 18 heavy (non-hydrogen) atoms. The van der Waals surface area contributed by atoms with E-state index in [0.29, 0.717) is 11.4 Å². The highest BCUT2D eigenvalue weighted by molar-refractivity contribution is 6.32. The average Bonchev–Trinajstić information content (AvgIpc) is 2.41. The Morgan fingerprint density at radius 2 is 2.33 bits per heavy atom. The van der Waals surface area contributed by atoms with Crippen molar-refractivity contribution in [3.8, 4) is 0 Å². The Kier molecular flexibility index (Phi) is 3.69. The van der Waals surface area contributed by atoms with E-state index in [2.05, 4.69) is 25.7 Å². The van der Waals surface area contributed by atoms with Gasteiger partial charge in [-0.1, -0.05) is 17.7 Å². The quantitative estimate of drug-likeness (QED) is 0.652. The third-order valence-electron chi connectivity index (χ3n) is 2.18. The lowest BCUT2D eigenvalue weighted by molar-refractivity contribution is 0.986. The van der Waals surface area contributed by atoms with E-state index < -0.39 is 5.56 Å². The number of H-pyrrole nitrogens is 1. The monoisotopic (exact) mass is 263 g/mol. The van der Waals surface area contributed by atoms with E-state index in [-0.39, 0.29) is 5.02 Å². The van der Waals surface area contributed by atoms with Crippen LogP contribution in [0, 0.1) is 0 Å². The number of nitrogens with zero attached hydrogens (tertiary/aromatic N) is 3. The first-order valence-electron chi connectivity index (χ1n) is 5.13. The van der Waals surface area contributed by atoms with Crippen LogP contribution in [0.2, 0.25) is 5.02 Å². The first-order chi connectivity index (χ1) is 8.68. The number of hydrazone groups is 1. The fourth-order valence-corrected chi connectivity index (χ4v) is 1.37. The van der Waals surface area contributed by atoms with E-state index in [9.17, 15) is 4.79 Å². The van der Waals surface area contributed by atoms with Crippen LogP contribution in [-0.2, 0) is 0 Å². The number of halogens is 1. The molecule has 0 aliphatic rings. The minimum Gasteiger partial charge on any atom is -0.275 e. The second-order valence-corrected chi connectivity index (χ2v) is 3.83. The number of hydrogen-bond donors (Lipinski definition) is 2. The van der Waals surface area contributed by atoms with E-state index >= 15 is 0 Å². The summed E-state index contributed by atoms with van der Waals surface area (Å²) in [7, 11) is 0. The molecule has 7 heteroatoms. The molecule has 0 saturated carbocycles. The number of nitrogens with one attached hydrogen (secondary N) is 2. The van der Waals surface area contributed by atoms with Crippen LogP contribution in [0.15, 0.2) is 40.5 Å². The number of anilines is 1. The highest BCUT2D eigenvalue weighted by Crippen LogP contribution is 2.14. The first kappa shape index (κ1) is 12.3. The molecule has 0 aliphatic carbocycles. The Morgan fingerprint density at radius 3 is 3.06 bits per heavy atom. The molecule has 2 aromatic rings. The second kappa shape index (κ2) is 5.42. The molecule has 2 heterocycles. The van der Waals surface area contributed by atoms with Crippen molar-refractivity contribution in [1.82, 2.24) is 15.2 Å². The maximum atomic E-state index is 11.2. The number of pyridine rings is 1. The summed E-state index contributed by atoms with van der Waals surface area (Å²) in [4.78, 5) is 15.3. The Labute approximate surface area is 108 Å². The highest BCUT2D eigenvalue weighted by Gasteiger charge is 2.04. The second-order valence-electron chi connectivity index (χ2n) is 3.45. The van der Waals surface area contributed by atoms with Crippen LogP contribution in [0.25, 0.3) is 0 Å². The van der Waals surface area contributed by atoms with Crippen molar-refractivity contribution in [1.29, 1.82) is 0 Å². The molecule has 2 rings (SSSR count). The van der Waals surface area contributed by atoms with Crippen LogP contribution in [0.3, 0.4) is 0 Å². The third kappa shape index (κ3) is 2.72. The van der Waals surface area contributed by atoms with Gasteiger partial charge in [0.05, 0.1) is 17.6 Å². The summed E-state index contributed by atoms with van der Waals surface area (Å²) in [6.07, 6.45) is 3.06. The summed E-state index contributed by atoms with van der Waals surface area (Å²) < 4.78 is 0. The average molecular weight is 264 g/mol. The molecular weight excluding hydrogens is 254 g/mol. The molecule has 0 radical (unpaired) electrons. The molecule has 92 valence electrons. The topological polar surface area (TPSA) is 83.0 Å². The molecule has 0 spiro atoms. The lowest BCUT2D eigenvalue weighted by Gasteiger charge is -2.03. The Balaban J connectivity index is 2.21. The van der Waals surface area contributed by atoms with E-state index in [4.69, 9.17) is 11.6 Å². The number of aromatic amines is 1. The van der Waals surface area contributed by atoms with Crippen molar-refractivity contribution in [2.45, 2.75) is 6.92 Å². The normalized spacial score (nSPS) is 11.3. The molecule has 0 aliphatic heterocycles. The van der Waals surface area contributed by atoms with Gasteiger partial charge in [-0.25, -0.2) is 5.10 Å². The zero-order chi connectivity index (χ0) is 13.0. The number of rotatable bonds is 3. The fraction of sp³-hybridized carbons (Fsp3) is 0.0909. The predicted octanol–water partition coefficient (Wildman–Crippen LogP) is 1.65. The van der Waals surface area contributed by atoms with Gasteiger partial charge in [0.25, 0.3) is 5.56 Å². The molecule has 2 N–H and O–H groups in total. The molecule has 2 aromatic heterocycles. The lowest BCUT2D eigenvalue weighted by atomic mass is 10.3. The summed E-state index contributed by atoms with van der Waals surface area (Å²) in [6, 6.07) is 5.52. The van der Waals surface area contributed by atoms with Crippen LogP contribution in [0.1, 0.15) is 12.6 Å². The number of aromatic nitrogens is 3. The molecule has 6 nitrogen and oxygen atoms in total. The van der Waals surface area contributed by atoms with Gasteiger partial charge in [-0.15, -0.1) is 0 Å². The number of hydrogen-bond acceptors (Lipinski definition) is 5. The van der Waals surface area contributed by atoms with Crippen molar-refractivity contribution in [2.24, 2.45) is 5.10 Å². The summed E-state index contributed by atoms with van der Waals surface area (Å²) in [5.74, 6) is 0. The van der Waals surface area contributed by atoms with Gasteiger partial charge >= 0.3 is 0 Å². The van der Waals surface area contributed by atoms with Gasteiger partial charge < -0.3 is 0 Å². The minimum absolute atomic E-state index is 0.0163. The van der Waals surface area contributed by atoms with Gasteiger partial charge in [0.15, 0.2) is 0 Å². The standard InChI is InChI=1S/C11H10ClN5O/c1-7(8-4-2-3-5-13-8)15-16-9-6-14-17-11(18)10(9)12/h2-6H,1H3,(H2,16,17,18)/b15-7+. The molecule has 0 saturated heterocycles. The van der Waals surface area contributed by atoms with E-state index in [0.717, 1.165) is 5.69 Å². The summed E-state index contributed by atoms with van der Waals surface area (Å²) in [5.41, 5.74) is 3.97. The molecule has 0 aromatic carbocycles. The highest BCUT2D eigenvalue weighted by atomic mass is 35.5. The molecule has 0 amide bonds. The van der Waals surface area contributed by atoms with Gasteiger partial charge in [0, 0.05) is 6.20 Å². The van der Waals surface area contributed by atoms with Crippen LogP contribution in [0.5, 0.6) is 0 Å². The molecule has 0 atom stereocenters. The third-order valence-corrected chi connectivity index (χ3v) is 2.55. The zero-order valence-electron chi connectivity index (χ0n) is 9.51. The van der Waals surface area contributed by atoms with Gasteiger partial charge in [-0.3, -0.25) is 15.2 Å². The van der Waals surface area contributed by atoms with Crippen LogP contribution in [-0.4, -0.2) is 20.9 Å². The van der Waals surface area contributed by atoms with Crippen molar-refractivity contribution >= 4 is 23.0 Å². The van der Waals surface area contributed by atoms with Crippen molar-refractivity contribution in [3.05, 3.63) is 51.7 Å². The Hall–Kier alpha value is -2.21. The predicted molar refractivity (Wildman–Crippen MR) is 69.9 cm³/mol. The van der Waals surface area contributed by atoms with Crippen LogP contribution < -0.4 is 11.0 Å². The van der Waals surface area contributed by atoms with E-state index in [1.54, 1.807) is 13.1 Å². The molecule has 0 fully saturated rings. The Morgan fingerprint density at radius 1 is 1.50 bits per heavy atom. The van der Waals surface area contributed by atoms with Crippen molar-refractivity contribution < 1.29 is 0 Å². The summed E-state index contributed by atoms with van der Waals surface area (Å²) in [6.45, 7) is 1.80. The summed E-state index contributed by atoms with van der Waals surface area (Å²) in [5, 5.41) is 9.96. The lowest BCUT2D eigenvalue weighted by Crippen LogP contribution is -2.11. The van der Waals surface area contributed by atoms with Crippen molar-refractivity contribution in [2.75, 3.05) is 5.43 Å². The van der Waals surface area contributed by atoms with Crippen LogP contribution >= 0.6 is 11.6 Å². The van der Waals surface area contributed by atoms with Gasteiger partial charge in [0.2, 0.25) is 0 Å². The smallest absolute Gasteiger partial charge is 0.275 e. The van der Waals surface area contributed by atoms with Gasteiger partial charge in [-0.05, 0) is 19.1 Å². The Bertz CT molecular complexity index is 623. The molecule has 0 unspecified atom stereocenters. The van der Waals surface area contributed by atoms with Crippen molar-refractivity contribution in [3.63, 3.8) is 0 Å². The SMILES string of the molecule is C/C(=N\Nc1cn[nH]c(=O)c1Cl)c1ccccn1. The van der Waals surface area contributed by atoms with E-state index in [1.165, 1.54) is 6.20 Å².